The first kappa shape index (κ1) is 6.70. The molecule has 0 aromatic carbocycles. The van der Waals surface area contributed by atoms with Crippen LogP contribution in [0, 0.1) is 5.92 Å². The van der Waals surface area contributed by atoms with Crippen molar-refractivity contribution >= 4 is 5.82 Å². The number of aromatic amines is 1. The van der Waals surface area contributed by atoms with Crippen molar-refractivity contribution in [1.82, 2.24) is 10.2 Å². The maximum atomic E-state index is 3.93. The third kappa shape index (κ3) is 1.23. The van der Waals surface area contributed by atoms with E-state index in [0.29, 0.717) is 0 Å². The Labute approximate surface area is 66.4 Å². The lowest BCUT2D eigenvalue weighted by Crippen LogP contribution is -2.19. The van der Waals surface area contributed by atoms with Gasteiger partial charge in [0.05, 0.1) is 6.20 Å². The van der Waals surface area contributed by atoms with E-state index in [2.05, 4.69) is 22.0 Å². The van der Waals surface area contributed by atoms with E-state index >= 15 is 0 Å². The molecule has 0 bridgehead atoms. The number of hydrogen-bond donors (Lipinski definition) is 1. The van der Waals surface area contributed by atoms with Crippen LogP contribution in [0.3, 0.4) is 0 Å². The zero-order valence-corrected chi connectivity index (χ0v) is 6.75. The van der Waals surface area contributed by atoms with Gasteiger partial charge in [0.2, 0.25) is 0 Å². The van der Waals surface area contributed by atoms with Gasteiger partial charge >= 0.3 is 0 Å². The molecular weight excluding hydrogens is 138 g/mol. The second-order valence-electron chi connectivity index (χ2n) is 3.28. The van der Waals surface area contributed by atoms with Crippen molar-refractivity contribution in [3.63, 3.8) is 0 Å². The maximum Gasteiger partial charge on any atom is 0.123 e. The summed E-state index contributed by atoms with van der Waals surface area (Å²) in [5.41, 5.74) is 0. The highest BCUT2D eigenvalue weighted by atomic mass is 15.3. The fraction of sp³-hybridized carbons (Fsp3) is 0.625. The highest BCUT2D eigenvalue weighted by Gasteiger charge is 2.19. The van der Waals surface area contributed by atoms with E-state index in [1.54, 1.807) is 6.20 Å². The highest BCUT2D eigenvalue weighted by molar-refractivity contribution is 5.37. The number of nitrogens with one attached hydrogen (secondary N) is 1. The molecule has 1 atom stereocenters. The van der Waals surface area contributed by atoms with E-state index in [0.717, 1.165) is 11.7 Å². The van der Waals surface area contributed by atoms with Gasteiger partial charge in [0.25, 0.3) is 0 Å². The first-order valence-corrected chi connectivity index (χ1v) is 4.10. The van der Waals surface area contributed by atoms with Gasteiger partial charge in [0.15, 0.2) is 0 Å². The Hall–Kier alpha value is -0.990. The first-order chi connectivity index (χ1) is 5.36. The first-order valence-electron chi connectivity index (χ1n) is 4.10. The van der Waals surface area contributed by atoms with Crippen LogP contribution in [0.2, 0.25) is 0 Å². The van der Waals surface area contributed by atoms with Gasteiger partial charge in [-0.05, 0) is 12.3 Å². The van der Waals surface area contributed by atoms with Gasteiger partial charge in [-0.3, -0.25) is 5.10 Å². The maximum absolute atomic E-state index is 3.93. The molecule has 2 heterocycles. The molecule has 1 fully saturated rings. The van der Waals surface area contributed by atoms with Gasteiger partial charge in [-0.15, -0.1) is 0 Å². The Morgan fingerprint density at radius 2 is 2.64 bits per heavy atom. The number of aromatic nitrogens is 2. The molecule has 11 heavy (non-hydrogen) atoms. The Balaban J connectivity index is 2.08. The van der Waals surface area contributed by atoms with Crippen LogP contribution in [-0.4, -0.2) is 23.3 Å². The molecule has 2 rings (SSSR count). The van der Waals surface area contributed by atoms with Crippen LogP contribution < -0.4 is 4.90 Å². The fourth-order valence-corrected chi connectivity index (χ4v) is 1.58. The number of rotatable bonds is 1. The van der Waals surface area contributed by atoms with Crippen molar-refractivity contribution in [2.45, 2.75) is 13.3 Å². The molecule has 0 radical (unpaired) electrons. The van der Waals surface area contributed by atoms with Crippen molar-refractivity contribution in [2.24, 2.45) is 5.92 Å². The average molecular weight is 151 g/mol. The quantitative estimate of drug-likeness (QED) is 0.655. The second kappa shape index (κ2) is 2.57. The predicted molar refractivity (Wildman–Crippen MR) is 44.6 cm³/mol. The molecule has 1 unspecified atom stereocenters. The third-order valence-corrected chi connectivity index (χ3v) is 2.25. The summed E-state index contributed by atoms with van der Waals surface area (Å²) >= 11 is 0. The van der Waals surface area contributed by atoms with Crippen molar-refractivity contribution in [3.8, 4) is 0 Å². The van der Waals surface area contributed by atoms with Gasteiger partial charge in [0.1, 0.15) is 5.82 Å². The second-order valence-corrected chi connectivity index (χ2v) is 3.28. The van der Waals surface area contributed by atoms with Crippen LogP contribution in [0.15, 0.2) is 12.3 Å². The van der Waals surface area contributed by atoms with Crippen LogP contribution >= 0.6 is 0 Å². The van der Waals surface area contributed by atoms with Crippen LogP contribution in [0.1, 0.15) is 13.3 Å². The Bertz CT molecular complexity index is 217. The molecule has 3 heteroatoms. The molecule has 0 amide bonds. The van der Waals surface area contributed by atoms with Gasteiger partial charge < -0.3 is 4.90 Å². The largest absolute Gasteiger partial charge is 0.357 e. The number of nitrogens with zero attached hydrogens (tertiary/aromatic N) is 2. The van der Waals surface area contributed by atoms with Crippen molar-refractivity contribution in [3.05, 3.63) is 12.3 Å². The zero-order chi connectivity index (χ0) is 7.68. The monoisotopic (exact) mass is 151 g/mol. The molecule has 1 saturated heterocycles. The van der Waals surface area contributed by atoms with Crippen molar-refractivity contribution < 1.29 is 0 Å². The minimum absolute atomic E-state index is 0.832. The Morgan fingerprint density at radius 3 is 3.18 bits per heavy atom. The predicted octanol–water partition coefficient (Wildman–Crippen LogP) is 1.26. The molecule has 0 spiro atoms. The Morgan fingerprint density at radius 1 is 1.73 bits per heavy atom. The summed E-state index contributed by atoms with van der Waals surface area (Å²) in [5.74, 6) is 1.99. The lowest BCUT2D eigenvalue weighted by molar-refractivity contribution is 0.659. The molecule has 3 nitrogen and oxygen atoms in total. The average Bonchev–Trinajstić information content (AvgIpc) is 2.55. The molecular formula is C8H13N3. The van der Waals surface area contributed by atoms with Crippen LogP contribution in [-0.2, 0) is 0 Å². The van der Waals surface area contributed by atoms with Crippen LogP contribution in [0.5, 0.6) is 0 Å². The summed E-state index contributed by atoms with van der Waals surface area (Å²) in [6.45, 7) is 4.63. The highest BCUT2D eigenvalue weighted by Crippen LogP contribution is 2.20. The molecule has 0 aliphatic carbocycles. The molecule has 1 aromatic heterocycles. The van der Waals surface area contributed by atoms with E-state index in [4.69, 9.17) is 0 Å². The van der Waals surface area contributed by atoms with Gasteiger partial charge in [-0.25, -0.2) is 0 Å². The van der Waals surface area contributed by atoms with E-state index < -0.39 is 0 Å². The molecule has 1 aliphatic rings. The minimum atomic E-state index is 0.832. The zero-order valence-electron chi connectivity index (χ0n) is 6.75. The van der Waals surface area contributed by atoms with Gasteiger partial charge in [0, 0.05) is 19.2 Å². The van der Waals surface area contributed by atoms with Crippen molar-refractivity contribution in [1.29, 1.82) is 0 Å². The SMILES string of the molecule is CC1CCN(c2ccn[nH]2)C1. The number of H-pyrrole nitrogens is 1. The topological polar surface area (TPSA) is 31.9 Å². The van der Waals surface area contributed by atoms with E-state index in [1.807, 2.05) is 6.07 Å². The fourth-order valence-electron chi connectivity index (χ4n) is 1.58. The molecule has 0 saturated carbocycles. The molecule has 1 aliphatic heterocycles. The number of hydrogen-bond acceptors (Lipinski definition) is 2. The smallest absolute Gasteiger partial charge is 0.123 e. The summed E-state index contributed by atoms with van der Waals surface area (Å²) in [6.07, 6.45) is 3.11. The summed E-state index contributed by atoms with van der Waals surface area (Å²) in [4.78, 5) is 2.34. The summed E-state index contributed by atoms with van der Waals surface area (Å²) in [5, 5.41) is 6.90. The van der Waals surface area contributed by atoms with E-state index in [9.17, 15) is 0 Å². The van der Waals surface area contributed by atoms with E-state index in [-0.39, 0.29) is 0 Å². The van der Waals surface area contributed by atoms with Crippen LogP contribution in [0.4, 0.5) is 5.82 Å². The Kier molecular flexibility index (Phi) is 1.56. The molecule has 1 N–H and O–H groups in total. The normalized spacial score (nSPS) is 24.5. The standard InChI is InChI=1S/C8H13N3/c1-7-3-5-11(6-7)8-2-4-9-10-8/h2,4,7H,3,5-6H2,1H3,(H,9,10). The van der Waals surface area contributed by atoms with E-state index in [1.165, 1.54) is 19.5 Å². The molecule has 1 aromatic rings. The lowest BCUT2D eigenvalue weighted by atomic mass is 10.2. The lowest BCUT2D eigenvalue weighted by Gasteiger charge is -2.14. The summed E-state index contributed by atoms with van der Waals surface area (Å²) in [7, 11) is 0. The van der Waals surface area contributed by atoms with Gasteiger partial charge in [-0.1, -0.05) is 6.92 Å². The number of anilines is 1. The van der Waals surface area contributed by atoms with Gasteiger partial charge in [-0.2, -0.15) is 5.10 Å². The third-order valence-electron chi connectivity index (χ3n) is 2.25. The summed E-state index contributed by atoms with van der Waals surface area (Å²) < 4.78 is 0. The minimum Gasteiger partial charge on any atom is -0.357 e. The van der Waals surface area contributed by atoms with Crippen LogP contribution in [0.25, 0.3) is 0 Å². The summed E-state index contributed by atoms with van der Waals surface area (Å²) in [6, 6.07) is 2.03. The molecule has 60 valence electrons. The van der Waals surface area contributed by atoms with Crippen molar-refractivity contribution in [2.75, 3.05) is 18.0 Å².